The van der Waals surface area contributed by atoms with Gasteiger partial charge >= 0.3 is 12.2 Å². The van der Waals surface area contributed by atoms with Crippen molar-refractivity contribution in [3.8, 4) is 0 Å². The smallest absolute Gasteiger partial charge is 0.424 e. The molecule has 0 saturated carbocycles. The summed E-state index contributed by atoms with van der Waals surface area (Å²) in [5.41, 5.74) is -1.39. The number of hydrogen-bond donors (Lipinski definition) is 0. The summed E-state index contributed by atoms with van der Waals surface area (Å²) in [5.74, 6) is 0. The van der Waals surface area contributed by atoms with Crippen molar-refractivity contribution in [1.29, 1.82) is 0 Å². The first-order valence-corrected chi connectivity index (χ1v) is 7.27. The van der Waals surface area contributed by atoms with Crippen molar-refractivity contribution < 1.29 is 19.1 Å². The van der Waals surface area contributed by atoms with Crippen molar-refractivity contribution in [2.45, 2.75) is 59.7 Å². The van der Waals surface area contributed by atoms with E-state index in [0.717, 1.165) is 4.90 Å². The van der Waals surface area contributed by atoms with E-state index in [1.807, 2.05) is 0 Å². The minimum absolute atomic E-state index is 0.127. The molecule has 0 aromatic rings. The van der Waals surface area contributed by atoms with Crippen LogP contribution in [-0.2, 0) is 9.47 Å². The first-order chi connectivity index (χ1) is 10.3. The Morgan fingerprint density at radius 1 is 1.04 bits per heavy atom. The maximum Gasteiger partial charge on any atom is 0.424 e. The van der Waals surface area contributed by atoms with Crippen LogP contribution in [0.2, 0.25) is 0 Å². The van der Waals surface area contributed by atoms with Gasteiger partial charge in [0.2, 0.25) is 5.29 Å². The van der Waals surface area contributed by atoms with Crippen LogP contribution >= 0.6 is 11.6 Å². The molecule has 0 bridgehead atoms. The molecule has 7 nitrogen and oxygen atoms in total. The van der Waals surface area contributed by atoms with Gasteiger partial charge in [-0.25, -0.2) is 19.6 Å². The van der Waals surface area contributed by atoms with Crippen LogP contribution in [0.4, 0.5) is 9.59 Å². The number of ether oxygens (including phenoxy) is 2. The molecule has 0 radical (unpaired) electrons. The predicted octanol–water partition coefficient (Wildman–Crippen LogP) is 4.32. The zero-order valence-electron chi connectivity index (χ0n) is 14.6. The maximum atomic E-state index is 12.3. The lowest BCUT2D eigenvalue weighted by atomic mass is 10.2. The molecule has 0 spiro atoms. The molecule has 8 heteroatoms. The Kier molecular flexibility index (Phi) is 7.43. The largest absolute Gasteiger partial charge is 0.443 e. The predicted molar refractivity (Wildman–Crippen MR) is 90.9 cm³/mol. The van der Waals surface area contributed by atoms with E-state index >= 15 is 0 Å². The molecule has 0 rings (SSSR count). The maximum absolute atomic E-state index is 12.3. The Morgan fingerprint density at radius 2 is 1.43 bits per heavy atom. The number of aliphatic imine (C=N–C) groups is 2. The van der Waals surface area contributed by atoms with Crippen molar-refractivity contribution in [3.05, 3.63) is 11.9 Å². The molecule has 0 unspecified atom stereocenters. The van der Waals surface area contributed by atoms with Crippen molar-refractivity contribution in [3.63, 3.8) is 0 Å². The lowest BCUT2D eigenvalue weighted by molar-refractivity contribution is 0.00831. The molecule has 0 aromatic heterocycles. The molecule has 23 heavy (non-hydrogen) atoms. The van der Waals surface area contributed by atoms with E-state index in [1.165, 1.54) is 13.1 Å². The highest BCUT2D eigenvalue weighted by atomic mass is 35.5. The van der Waals surface area contributed by atoms with Crippen molar-refractivity contribution in [2.75, 3.05) is 0 Å². The number of amidine groups is 1. The van der Waals surface area contributed by atoms with E-state index in [4.69, 9.17) is 21.1 Å². The van der Waals surface area contributed by atoms with Crippen LogP contribution in [0.1, 0.15) is 48.5 Å². The van der Waals surface area contributed by atoms with E-state index in [-0.39, 0.29) is 11.0 Å². The van der Waals surface area contributed by atoms with Gasteiger partial charge in [-0.1, -0.05) is 0 Å². The van der Waals surface area contributed by atoms with Gasteiger partial charge in [0, 0.05) is 0 Å². The summed E-state index contributed by atoms with van der Waals surface area (Å²) in [7, 11) is 0. The molecule has 0 aliphatic rings. The minimum atomic E-state index is -0.876. The van der Waals surface area contributed by atoms with Crippen LogP contribution in [0.25, 0.3) is 0 Å². The van der Waals surface area contributed by atoms with Crippen LogP contribution < -0.4 is 0 Å². The number of carbonyl (C=O) groups is 2. The second kappa shape index (κ2) is 8.10. The number of allylic oxidation sites excluding steroid dienone is 1. The van der Waals surface area contributed by atoms with Crippen LogP contribution in [0.5, 0.6) is 0 Å². The first kappa shape index (κ1) is 21.1. The van der Waals surface area contributed by atoms with Gasteiger partial charge in [0.15, 0.2) is 0 Å². The number of rotatable bonds is 2. The van der Waals surface area contributed by atoms with E-state index in [0.29, 0.717) is 0 Å². The van der Waals surface area contributed by atoms with Gasteiger partial charge in [-0.3, -0.25) is 0 Å². The van der Waals surface area contributed by atoms with Gasteiger partial charge in [-0.15, -0.1) is 0 Å². The van der Waals surface area contributed by atoms with Crippen LogP contribution in [0.15, 0.2) is 21.9 Å². The topological polar surface area (TPSA) is 80.6 Å². The molecular formula is C15H24ClN3O4. The van der Waals surface area contributed by atoms with Crippen LogP contribution in [0, 0.1) is 0 Å². The van der Waals surface area contributed by atoms with Gasteiger partial charge < -0.3 is 9.47 Å². The quantitative estimate of drug-likeness (QED) is 0.424. The average Bonchev–Trinajstić information content (AvgIpc) is 2.31. The second-order valence-corrected chi connectivity index (χ2v) is 6.96. The van der Waals surface area contributed by atoms with E-state index in [2.05, 4.69) is 16.7 Å². The lowest BCUT2D eigenvalue weighted by Crippen LogP contribution is -2.42. The third-order valence-electron chi connectivity index (χ3n) is 1.99. The highest BCUT2D eigenvalue weighted by Crippen LogP contribution is 2.18. The lowest BCUT2D eigenvalue weighted by Gasteiger charge is -2.28. The highest BCUT2D eigenvalue weighted by molar-refractivity contribution is 6.65. The van der Waals surface area contributed by atoms with Crippen molar-refractivity contribution in [1.82, 2.24) is 4.90 Å². The summed E-state index contributed by atoms with van der Waals surface area (Å²) in [6.07, 6.45) is -0.554. The number of carbonyl (C=O) groups excluding carboxylic acids is 2. The fourth-order valence-electron chi connectivity index (χ4n) is 1.22. The Morgan fingerprint density at radius 3 is 1.74 bits per heavy atom. The molecule has 0 aliphatic heterocycles. The molecule has 0 aromatic carbocycles. The molecule has 0 atom stereocenters. The summed E-state index contributed by atoms with van der Waals surface area (Å²) in [4.78, 5) is 32.5. The second-order valence-electron chi connectivity index (χ2n) is 6.62. The van der Waals surface area contributed by atoms with E-state index in [9.17, 15) is 9.59 Å². The summed E-state index contributed by atoms with van der Waals surface area (Å²) in [6, 6.07) is 0. The third-order valence-corrected chi connectivity index (χ3v) is 2.21. The SMILES string of the molecule is C=N/C(Cl)=N\C=C(/C)N(C(=O)OC(C)(C)C)C(=O)OC(C)(C)C. The Balaban J connectivity index is 5.58. The van der Waals surface area contributed by atoms with E-state index in [1.54, 1.807) is 41.5 Å². The van der Waals surface area contributed by atoms with Gasteiger partial charge in [0.1, 0.15) is 11.2 Å². The highest BCUT2D eigenvalue weighted by Gasteiger charge is 2.32. The van der Waals surface area contributed by atoms with Gasteiger partial charge in [-0.2, -0.15) is 4.90 Å². The number of hydrogen-bond acceptors (Lipinski definition) is 5. The van der Waals surface area contributed by atoms with Crippen molar-refractivity contribution >= 4 is 35.8 Å². The Bertz CT molecular complexity index is 500. The Labute approximate surface area is 142 Å². The third kappa shape index (κ3) is 8.97. The molecule has 0 saturated heterocycles. The minimum Gasteiger partial charge on any atom is -0.443 e. The number of halogens is 1. The zero-order valence-corrected chi connectivity index (χ0v) is 15.4. The Hall–Kier alpha value is -1.89. The molecule has 0 fully saturated rings. The zero-order chi connectivity index (χ0) is 18.4. The fourth-order valence-corrected chi connectivity index (χ4v) is 1.27. The van der Waals surface area contributed by atoms with Crippen LogP contribution in [-0.4, -0.2) is 40.3 Å². The summed E-state index contributed by atoms with van der Waals surface area (Å²) < 4.78 is 10.4. The standard InChI is InChI=1S/C15H24ClN3O4/c1-10(9-18-11(16)17-8)19(12(20)22-14(2,3)4)13(21)23-15(5,6)7/h9H,8H2,1-7H3/b10-9+,18-11-. The summed E-state index contributed by atoms with van der Waals surface area (Å²) in [5, 5.41) is -0.127. The number of imide groups is 1. The monoisotopic (exact) mass is 345 g/mol. The van der Waals surface area contributed by atoms with Crippen molar-refractivity contribution in [2.24, 2.45) is 9.98 Å². The molecular weight excluding hydrogens is 322 g/mol. The molecule has 0 heterocycles. The van der Waals surface area contributed by atoms with Gasteiger partial charge in [0.25, 0.3) is 0 Å². The summed E-state index contributed by atoms with van der Waals surface area (Å²) in [6.45, 7) is 14.8. The first-order valence-electron chi connectivity index (χ1n) is 6.89. The van der Waals surface area contributed by atoms with Gasteiger partial charge in [0.05, 0.1) is 11.9 Å². The normalized spacial score (nSPS) is 13.4. The number of nitrogens with zero attached hydrogens (tertiary/aromatic N) is 3. The molecule has 130 valence electrons. The summed E-state index contributed by atoms with van der Waals surface area (Å²) >= 11 is 5.61. The number of amides is 2. The fraction of sp³-hybridized carbons (Fsp3) is 0.600. The van der Waals surface area contributed by atoms with Crippen LogP contribution in [0.3, 0.4) is 0 Å². The molecule has 0 N–H and O–H groups in total. The molecule has 0 aliphatic carbocycles. The van der Waals surface area contributed by atoms with Gasteiger partial charge in [-0.05, 0) is 66.8 Å². The average molecular weight is 346 g/mol. The van der Waals surface area contributed by atoms with E-state index < -0.39 is 23.4 Å². The molecule has 2 amide bonds.